The highest BCUT2D eigenvalue weighted by Gasteiger charge is 2.07. The van der Waals surface area contributed by atoms with Crippen molar-refractivity contribution in [3.63, 3.8) is 0 Å². The molecule has 0 N–H and O–H groups in total. The van der Waals surface area contributed by atoms with Crippen molar-refractivity contribution in [1.29, 1.82) is 0 Å². The summed E-state index contributed by atoms with van der Waals surface area (Å²) in [4.78, 5) is 0. The maximum absolute atomic E-state index is 6.16. The zero-order chi connectivity index (χ0) is 14.5. The van der Waals surface area contributed by atoms with Gasteiger partial charge in [-0.2, -0.15) is 0 Å². The van der Waals surface area contributed by atoms with E-state index in [1.54, 1.807) is 0 Å². The Kier molecular flexibility index (Phi) is 5.50. The van der Waals surface area contributed by atoms with E-state index < -0.39 is 0 Å². The fourth-order valence-corrected chi connectivity index (χ4v) is 2.94. The van der Waals surface area contributed by atoms with Crippen molar-refractivity contribution >= 4 is 27.5 Å². The minimum absolute atomic E-state index is 0.554. The van der Waals surface area contributed by atoms with Gasteiger partial charge in [-0.3, -0.25) is 0 Å². The quantitative estimate of drug-likeness (QED) is 0.605. The van der Waals surface area contributed by atoms with Gasteiger partial charge in [0.15, 0.2) is 0 Å². The Morgan fingerprint density at radius 3 is 2.40 bits per heavy atom. The molecule has 2 rings (SSSR count). The molecule has 0 fully saturated rings. The largest absolute Gasteiger partial charge is 0.489 e. The summed E-state index contributed by atoms with van der Waals surface area (Å²) in [6.07, 6.45) is 0. The van der Waals surface area contributed by atoms with Gasteiger partial charge < -0.3 is 4.74 Å². The van der Waals surface area contributed by atoms with Gasteiger partial charge >= 0.3 is 0 Å². The summed E-state index contributed by atoms with van der Waals surface area (Å²) >= 11 is 9.60. The van der Waals surface area contributed by atoms with E-state index in [0.29, 0.717) is 17.9 Å². The molecule has 0 heterocycles. The minimum Gasteiger partial charge on any atom is -0.489 e. The Morgan fingerprint density at radius 1 is 1.10 bits per heavy atom. The van der Waals surface area contributed by atoms with E-state index in [-0.39, 0.29) is 0 Å². The molecule has 2 aromatic rings. The molecule has 0 amide bonds. The van der Waals surface area contributed by atoms with Gasteiger partial charge in [0.25, 0.3) is 0 Å². The van der Waals surface area contributed by atoms with Gasteiger partial charge in [0.2, 0.25) is 0 Å². The van der Waals surface area contributed by atoms with Crippen LogP contribution in [0, 0.1) is 0 Å². The summed E-state index contributed by atoms with van der Waals surface area (Å²) < 4.78 is 5.88. The number of alkyl halides is 1. The molecule has 0 aromatic heterocycles. The molecule has 1 nitrogen and oxygen atoms in total. The van der Waals surface area contributed by atoms with E-state index in [2.05, 4.69) is 54.0 Å². The normalized spacial score (nSPS) is 10.8. The topological polar surface area (TPSA) is 9.23 Å². The third kappa shape index (κ3) is 3.77. The maximum Gasteiger partial charge on any atom is 0.125 e. The predicted molar refractivity (Wildman–Crippen MR) is 88.9 cm³/mol. The van der Waals surface area contributed by atoms with Gasteiger partial charge in [-0.25, -0.2) is 0 Å². The second-order valence-electron chi connectivity index (χ2n) is 5.04. The van der Waals surface area contributed by atoms with Crippen molar-refractivity contribution in [3.8, 4) is 5.75 Å². The number of hydrogen-bond donors (Lipinski definition) is 0. The van der Waals surface area contributed by atoms with Crippen LogP contribution < -0.4 is 4.74 Å². The molecule has 20 heavy (non-hydrogen) atoms. The Bertz CT molecular complexity index is 564. The van der Waals surface area contributed by atoms with Crippen LogP contribution in [0.2, 0.25) is 5.02 Å². The van der Waals surface area contributed by atoms with Gasteiger partial charge in [-0.05, 0) is 29.2 Å². The Labute approximate surface area is 134 Å². The average Bonchev–Trinajstić information content (AvgIpc) is 2.45. The van der Waals surface area contributed by atoms with Crippen LogP contribution in [-0.4, -0.2) is 0 Å². The van der Waals surface area contributed by atoms with E-state index in [9.17, 15) is 0 Å². The first-order chi connectivity index (χ1) is 9.61. The highest BCUT2D eigenvalue weighted by molar-refractivity contribution is 9.08. The number of benzene rings is 2. The van der Waals surface area contributed by atoms with E-state index in [1.165, 1.54) is 5.56 Å². The second-order valence-corrected chi connectivity index (χ2v) is 6.00. The zero-order valence-electron chi connectivity index (χ0n) is 11.7. The second kappa shape index (κ2) is 7.14. The molecule has 0 unspecified atom stereocenters. The molecule has 0 bridgehead atoms. The molecule has 0 saturated heterocycles. The van der Waals surface area contributed by atoms with Gasteiger partial charge in [0, 0.05) is 15.9 Å². The van der Waals surface area contributed by atoms with Crippen LogP contribution >= 0.6 is 27.5 Å². The maximum atomic E-state index is 6.16. The van der Waals surface area contributed by atoms with Gasteiger partial charge in [-0.15, -0.1) is 0 Å². The van der Waals surface area contributed by atoms with Crippen LogP contribution in [0.5, 0.6) is 5.75 Å². The summed E-state index contributed by atoms with van der Waals surface area (Å²) in [6, 6.07) is 14.3. The van der Waals surface area contributed by atoms with E-state index >= 15 is 0 Å². The Balaban J connectivity index is 2.07. The van der Waals surface area contributed by atoms with E-state index in [0.717, 1.165) is 21.9 Å². The fourth-order valence-electron chi connectivity index (χ4n) is 1.96. The van der Waals surface area contributed by atoms with Crippen LogP contribution in [-0.2, 0) is 11.9 Å². The standard InChI is InChI=1S/C17H18BrClO/c1-12(2)14-8-6-13(7-9-14)11-20-17-5-3-4-16(19)15(17)10-18/h3-9,12H,10-11H2,1-2H3. The SMILES string of the molecule is CC(C)c1ccc(COc2cccc(Cl)c2CBr)cc1. The first-order valence-electron chi connectivity index (χ1n) is 6.66. The predicted octanol–water partition coefficient (Wildman–Crippen LogP) is 5.94. The lowest BCUT2D eigenvalue weighted by Crippen LogP contribution is -1.99. The smallest absolute Gasteiger partial charge is 0.125 e. The molecule has 0 radical (unpaired) electrons. The lowest BCUT2D eigenvalue weighted by Gasteiger charge is -2.12. The highest BCUT2D eigenvalue weighted by atomic mass is 79.9. The molecule has 2 aromatic carbocycles. The average molecular weight is 354 g/mol. The number of rotatable bonds is 5. The van der Waals surface area contributed by atoms with Crippen molar-refractivity contribution in [2.45, 2.75) is 31.7 Å². The highest BCUT2D eigenvalue weighted by Crippen LogP contribution is 2.29. The minimum atomic E-state index is 0.554. The molecule has 106 valence electrons. The van der Waals surface area contributed by atoms with Crippen molar-refractivity contribution in [2.75, 3.05) is 0 Å². The lowest BCUT2D eigenvalue weighted by atomic mass is 10.0. The summed E-state index contributed by atoms with van der Waals surface area (Å²) in [6.45, 7) is 4.94. The first kappa shape index (κ1) is 15.4. The molecule has 0 aliphatic rings. The van der Waals surface area contributed by atoms with Gasteiger partial charge in [0.05, 0.1) is 0 Å². The molecular formula is C17H18BrClO. The van der Waals surface area contributed by atoms with Crippen molar-refractivity contribution < 1.29 is 4.74 Å². The van der Waals surface area contributed by atoms with Crippen LogP contribution in [0.15, 0.2) is 42.5 Å². The van der Waals surface area contributed by atoms with Crippen LogP contribution in [0.4, 0.5) is 0 Å². The monoisotopic (exact) mass is 352 g/mol. The molecule has 0 aliphatic heterocycles. The molecule has 0 saturated carbocycles. The summed E-state index contributed by atoms with van der Waals surface area (Å²) in [5.74, 6) is 1.39. The molecular weight excluding hydrogens is 336 g/mol. The number of hydrogen-bond acceptors (Lipinski definition) is 1. The van der Waals surface area contributed by atoms with Crippen LogP contribution in [0.1, 0.15) is 36.5 Å². The van der Waals surface area contributed by atoms with Crippen LogP contribution in [0.3, 0.4) is 0 Å². The Hall–Kier alpha value is -0.990. The third-order valence-electron chi connectivity index (χ3n) is 3.25. The zero-order valence-corrected chi connectivity index (χ0v) is 14.0. The molecule has 0 atom stereocenters. The van der Waals surface area contributed by atoms with E-state index in [4.69, 9.17) is 16.3 Å². The molecule has 0 aliphatic carbocycles. The summed E-state index contributed by atoms with van der Waals surface area (Å²) in [7, 11) is 0. The first-order valence-corrected chi connectivity index (χ1v) is 8.16. The van der Waals surface area contributed by atoms with Crippen molar-refractivity contribution in [1.82, 2.24) is 0 Å². The van der Waals surface area contributed by atoms with Crippen LogP contribution in [0.25, 0.3) is 0 Å². The fraction of sp³-hybridized carbons (Fsp3) is 0.294. The Morgan fingerprint density at radius 2 is 1.80 bits per heavy atom. The lowest BCUT2D eigenvalue weighted by molar-refractivity contribution is 0.304. The molecule has 3 heteroatoms. The van der Waals surface area contributed by atoms with Crippen molar-refractivity contribution in [2.24, 2.45) is 0 Å². The summed E-state index contributed by atoms with van der Waals surface area (Å²) in [5, 5.41) is 1.42. The number of ether oxygens (including phenoxy) is 1. The van der Waals surface area contributed by atoms with Crippen molar-refractivity contribution in [3.05, 3.63) is 64.2 Å². The molecule has 0 spiro atoms. The summed E-state index contributed by atoms with van der Waals surface area (Å²) in [5.41, 5.74) is 3.50. The third-order valence-corrected chi connectivity index (χ3v) is 4.17. The van der Waals surface area contributed by atoms with Gasteiger partial charge in [-0.1, -0.05) is 71.7 Å². The van der Waals surface area contributed by atoms with E-state index in [1.807, 2.05) is 18.2 Å². The number of halogens is 2. The van der Waals surface area contributed by atoms with Gasteiger partial charge in [0.1, 0.15) is 12.4 Å².